The summed E-state index contributed by atoms with van der Waals surface area (Å²) in [6.45, 7) is 7.31. The Hall–Kier alpha value is -1.53. The summed E-state index contributed by atoms with van der Waals surface area (Å²) in [6, 6.07) is 8.30. The highest BCUT2D eigenvalue weighted by Crippen LogP contribution is 2.19. The van der Waals surface area contributed by atoms with E-state index >= 15 is 0 Å². The predicted octanol–water partition coefficient (Wildman–Crippen LogP) is 2.64. The van der Waals surface area contributed by atoms with Gasteiger partial charge in [-0.2, -0.15) is 5.26 Å². The fourth-order valence-electron chi connectivity index (χ4n) is 1.93. The first-order valence-electron chi connectivity index (χ1n) is 6.49. The number of hydrogen-bond acceptors (Lipinski definition) is 3. The molecule has 0 aliphatic rings. The summed E-state index contributed by atoms with van der Waals surface area (Å²) in [5.74, 6) is 0. The van der Waals surface area contributed by atoms with Gasteiger partial charge in [0.25, 0.3) is 0 Å². The molecule has 1 aromatic rings. The van der Waals surface area contributed by atoms with Gasteiger partial charge in [0.05, 0.1) is 11.6 Å². The molecule has 0 bridgehead atoms. The Labute approximate surface area is 111 Å². The van der Waals surface area contributed by atoms with Gasteiger partial charge in [0, 0.05) is 25.3 Å². The van der Waals surface area contributed by atoms with E-state index < -0.39 is 0 Å². The summed E-state index contributed by atoms with van der Waals surface area (Å²) in [4.78, 5) is 4.58. The maximum absolute atomic E-state index is 8.96. The number of likely N-dealkylation sites (N-methyl/N-ethyl adjacent to an activating group) is 1. The molecule has 3 nitrogen and oxygen atoms in total. The monoisotopic (exact) mass is 245 g/mol. The minimum absolute atomic E-state index is 0.766. The average Bonchev–Trinajstić information content (AvgIpc) is 2.34. The van der Waals surface area contributed by atoms with Crippen LogP contribution in [0.1, 0.15) is 24.5 Å². The molecule has 0 fully saturated rings. The highest BCUT2D eigenvalue weighted by molar-refractivity contribution is 5.53. The molecule has 18 heavy (non-hydrogen) atoms. The van der Waals surface area contributed by atoms with Crippen LogP contribution in [-0.2, 0) is 0 Å². The molecule has 3 heteroatoms. The SMILES string of the molecule is CCCN(CCN(C)C)c1ccc(C#N)c(C)c1. The summed E-state index contributed by atoms with van der Waals surface area (Å²) in [6.07, 6.45) is 1.13. The van der Waals surface area contributed by atoms with Crippen LogP contribution in [0.2, 0.25) is 0 Å². The largest absolute Gasteiger partial charge is 0.370 e. The standard InChI is InChI=1S/C15H23N3/c1-5-8-18(10-9-17(3)4)15-7-6-14(12-16)13(2)11-15/h6-7,11H,5,8-10H2,1-4H3. The Kier molecular flexibility index (Phi) is 5.67. The van der Waals surface area contributed by atoms with Crippen molar-refractivity contribution in [1.29, 1.82) is 5.26 Å². The Bertz CT molecular complexity index is 418. The van der Waals surface area contributed by atoms with Gasteiger partial charge in [-0.1, -0.05) is 6.92 Å². The first kappa shape index (κ1) is 14.5. The zero-order valence-electron chi connectivity index (χ0n) is 11.9. The lowest BCUT2D eigenvalue weighted by atomic mass is 10.1. The van der Waals surface area contributed by atoms with E-state index in [-0.39, 0.29) is 0 Å². The highest BCUT2D eigenvalue weighted by Gasteiger charge is 2.07. The second-order valence-electron chi connectivity index (χ2n) is 4.90. The van der Waals surface area contributed by atoms with E-state index in [1.54, 1.807) is 0 Å². The van der Waals surface area contributed by atoms with Crippen molar-refractivity contribution in [3.63, 3.8) is 0 Å². The Morgan fingerprint density at radius 3 is 2.39 bits per heavy atom. The fourth-order valence-corrected chi connectivity index (χ4v) is 1.93. The zero-order valence-corrected chi connectivity index (χ0v) is 11.9. The normalized spacial score (nSPS) is 10.4. The van der Waals surface area contributed by atoms with Gasteiger partial charge in [-0.05, 0) is 51.2 Å². The van der Waals surface area contributed by atoms with Gasteiger partial charge in [-0.15, -0.1) is 0 Å². The minimum atomic E-state index is 0.766. The quantitative estimate of drug-likeness (QED) is 0.772. The molecule has 0 atom stereocenters. The van der Waals surface area contributed by atoms with Crippen LogP contribution in [0.15, 0.2) is 18.2 Å². The molecule has 1 aromatic carbocycles. The van der Waals surface area contributed by atoms with Crippen molar-refractivity contribution < 1.29 is 0 Å². The molecule has 0 unspecified atom stereocenters. The van der Waals surface area contributed by atoms with E-state index in [1.165, 1.54) is 5.69 Å². The summed E-state index contributed by atoms with van der Waals surface area (Å²) >= 11 is 0. The highest BCUT2D eigenvalue weighted by atomic mass is 15.2. The number of nitriles is 1. The zero-order chi connectivity index (χ0) is 13.5. The Morgan fingerprint density at radius 2 is 1.89 bits per heavy atom. The van der Waals surface area contributed by atoms with Gasteiger partial charge in [-0.25, -0.2) is 0 Å². The van der Waals surface area contributed by atoms with Crippen LogP contribution in [0.4, 0.5) is 5.69 Å². The summed E-state index contributed by atoms with van der Waals surface area (Å²) in [7, 11) is 4.18. The smallest absolute Gasteiger partial charge is 0.0994 e. The molecule has 0 heterocycles. The Balaban J connectivity index is 2.85. The molecule has 0 aliphatic heterocycles. The van der Waals surface area contributed by atoms with Crippen molar-refractivity contribution in [1.82, 2.24) is 4.90 Å². The number of aryl methyl sites for hydroxylation is 1. The van der Waals surface area contributed by atoms with E-state index in [4.69, 9.17) is 5.26 Å². The molecule has 0 saturated carbocycles. The van der Waals surface area contributed by atoms with Crippen LogP contribution in [0.5, 0.6) is 0 Å². The van der Waals surface area contributed by atoms with Crippen molar-refractivity contribution in [2.24, 2.45) is 0 Å². The summed E-state index contributed by atoms with van der Waals surface area (Å²) < 4.78 is 0. The van der Waals surface area contributed by atoms with Crippen molar-refractivity contribution in [3.05, 3.63) is 29.3 Å². The van der Waals surface area contributed by atoms with Crippen molar-refractivity contribution in [2.75, 3.05) is 38.6 Å². The number of rotatable bonds is 6. The molecule has 0 aliphatic carbocycles. The van der Waals surface area contributed by atoms with E-state index in [9.17, 15) is 0 Å². The molecule has 1 rings (SSSR count). The van der Waals surface area contributed by atoms with Crippen molar-refractivity contribution in [2.45, 2.75) is 20.3 Å². The molecule has 0 amide bonds. The van der Waals surface area contributed by atoms with Gasteiger partial charge < -0.3 is 9.80 Å². The molecule has 0 spiro atoms. The predicted molar refractivity (Wildman–Crippen MR) is 77.0 cm³/mol. The molecule has 0 aromatic heterocycles. The maximum Gasteiger partial charge on any atom is 0.0994 e. The number of anilines is 1. The van der Waals surface area contributed by atoms with Crippen LogP contribution in [0.3, 0.4) is 0 Å². The van der Waals surface area contributed by atoms with E-state index in [1.807, 2.05) is 13.0 Å². The van der Waals surface area contributed by atoms with Gasteiger partial charge in [0.15, 0.2) is 0 Å². The van der Waals surface area contributed by atoms with E-state index in [2.05, 4.69) is 49.0 Å². The minimum Gasteiger partial charge on any atom is -0.370 e. The maximum atomic E-state index is 8.96. The van der Waals surface area contributed by atoms with Gasteiger partial charge >= 0.3 is 0 Å². The van der Waals surface area contributed by atoms with E-state index in [0.717, 1.165) is 37.2 Å². The number of nitrogens with zero attached hydrogens (tertiary/aromatic N) is 3. The third-order valence-electron chi connectivity index (χ3n) is 3.01. The van der Waals surface area contributed by atoms with Crippen LogP contribution in [-0.4, -0.2) is 38.6 Å². The lowest BCUT2D eigenvalue weighted by Gasteiger charge is -2.26. The van der Waals surface area contributed by atoms with Crippen LogP contribution in [0, 0.1) is 18.3 Å². The molecule has 0 radical (unpaired) electrons. The third kappa shape index (κ3) is 4.05. The summed E-state index contributed by atoms with van der Waals surface area (Å²) in [5, 5.41) is 8.96. The molecular formula is C15H23N3. The second kappa shape index (κ2) is 7.03. The van der Waals surface area contributed by atoms with Crippen molar-refractivity contribution >= 4 is 5.69 Å². The van der Waals surface area contributed by atoms with Crippen LogP contribution < -0.4 is 4.90 Å². The lowest BCUT2D eigenvalue weighted by Crippen LogP contribution is -2.32. The van der Waals surface area contributed by atoms with Crippen molar-refractivity contribution in [3.8, 4) is 6.07 Å². The Morgan fingerprint density at radius 1 is 1.17 bits per heavy atom. The topological polar surface area (TPSA) is 30.3 Å². The second-order valence-corrected chi connectivity index (χ2v) is 4.90. The van der Waals surface area contributed by atoms with Crippen LogP contribution >= 0.6 is 0 Å². The molecule has 0 saturated heterocycles. The van der Waals surface area contributed by atoms with Crippen LogP contribution in [0.25, 0.3) is 0 Å². The van der Waals surface area contributed by atoms with Gasteiger partial charge in [-0.3, -0.25) is 0 Å². The van der Waals surface area contributed by atoms with Gasteiger partial charge in [0.1, 0.15) is 0 Å². The van der Waals surface area contributed by atoms with Gasteiger partial charge in [0.2, 0.25) is 0 Å². The third-order valence-corrected chi connectivity index (χ3v) is 3.01. The molecule has 0 N–H and O–H groups in total. The average molecular weight is 245 g/mol. The lowest BCUT2D eigenvalue weighted by molar-refractivity contribution is 0.413. The summed E-state index contributed by atoms with van der Waals surface area (Å²) in [5.41, 5.74) is 3.04. The fraction of sp³-hybridized carbons (Fsp3) is 0.533. The number of hydrogen-bond donors (Lipinski definition) is 0. The molecular weight excluding hydrogens is 222 g/mol. The van der Waals surface area contributed by atoms with E-state index in [0.29, 0.717) is 0 Å². The first-order chi connectivity index (χ1) is 8.58. The first-order valence-corrected chi connectivity index (χ1v) is 6.49. The number of benzene rings is 1. The molecule has 98 valence electrons.